The van der Waals surface area contributed by atoms with Crippen molar-refractivity contribution < 1.29 is 14.6 Å². The highest BCUT2D eigenvalue weighted by Crippen LogP contribution is 2.44. The van der Waals surface area contributed by atoms with Crippen molar-refractivity contribution in [1.82, 2.24) is 4.90 Å². The molecule has 4 rings (SSSR count). The van der Waals surface area contributed by atoms with E-state index in [-0.39, 0.29) is 6.10 Å². The number of piperidine rings is 1. The molecule has 2 aliphatic carbocycles. The van der Waals surface area contributed by atoms with Crippen molar-refractivity contribution in [3.05, 3.63) is 35.8 Å². The first kappa shape index (κ1) is 14.3. The maximum absolute atomic E-state index is 10.5. The normalized spacial score (nSPS) is 44.0. The standard InChI is InChI=1S/C18H25NO3/c1-19-8-7-13-12-4-5-15(20)18(13)22-17-10-11(9-14(12)19)3-6-16(17)21-2/h3-6,11-15,18,20H,7-10H2,1-2H3/t11?,12-,13+,14-,15+,18-/m1/s1. The third-order valence-corrected chi connectivity index (χ3v) is 5.89. The van der Waals surface area contributed by atoms with Gasteiger partial charge in [0, 0.05) is 18.4 Å². The summed E-state index contributed by atoms with van der Waals surface area (Å²) in [6.45, 7) is 1.08. The smallest absolute Gasteiger partial charge is 0.156 e. The van der Waals surface area contributed by atoms with Crippen molar-refractivity contribution in [2.75, 3.05) is 20.7 Å². The summed E-state index contributed by atoms with van der Waals surface area (Å²) in [6.07, 6.45) is 10.9. The first-order valence-electron chi connectivity index (χ1n) is 8.36. The topological polar surface area (TPSA) is 41.9 Å². The molecular formula is C18H25NO3. The number of nitrogens with zero attached hydrogens (tertiary/aromatic N) is 1. The highest BCUT2D eigenvalue weighted by molar-refractivity contribution is 5.25. The number of aliphatic hydroxyl groups excluding tert-OH is 1. The minimum Gasteiger partial charge on any atom is -0.493 e. The van der Waals surface area contributed by atoms with E-state index in [4.69, 9.17) is 9.47 Å². The van der Waals surface area contributed by atoms with Crippen LogP contribution in [0.25, 0.3) is 0 Å². The molecule has 6 atom stereocenters. The molecule has 6 bridgehead atoms. The number of methoxy groups -OCH3 is 1. The fourth-order valence-electron chi connectivity index (χ4n) is 4.69. The number of hydrogen-bond donors (Lipinski definition) is 1. The molecule has 0 spiro atoms. The van der Waals surface area contributed by atoms with E-state index < -0.39 is 6.10 Å². The van der Waals surface area contributed by atoms with Crippen LogP contribution in [-0.4, -0.2) is 49.0 Å². The summed E-state index contributed by atoms with van der Waals surface area (Å²) < 4.78 is 11.8. The van der Waals surface area contributed by atoms with Gasteiger partial charge in [-0.3, -0.25) is 0 Å². The number of hydrogen-bond acceptors (Lipinski definition) is 4. The minimum absolute atomic E-state index is 0.142. The van der Waals surface area contributed by atoms with E-state index in [1.165, 1.54) is 0 Å². The van der Waals surface area contributed by atoms with Gasteiger partial charge in [-0.2, -0.15) is 0 Å². The Kier molecular flexibility index (Phi) is 3.54. The van der Waals surface area contributed by atoms with Crippen LogP contribution >= 0.6 is 0 Å². The van der Waals surface area contributed by atoms with Crippen LogP contribution in [0.4, 0.5) is 0 Å². The fraction of sp³-hybridized carbons (Fsp3) is 0.667. The van der Waals surface area contributed by atoms with Crippen molar-refractivity contribution >= 4 is 0 Å². The van der Waals surface area contributed by atoms with Crippen LogP contribution in [0.5, 0.6) is 0 Å². The van der Waals surface area contributed by atoms with Crippen LogP contribution < -0.4 is 0 Å². The minimum atomic E-state index is -0.515. The van der Waals surface area contributed by atoms with E-state index in [9.17, 15) is 5.11 Å². The first-order chi connectivity index (χ1) is 10.7. The highest BCUT2D eigenvalue weighted by Gasteiger charge is 2.46. The molecule has 1 unspecified atom stereocenters. The van der Waals surface area contributed by atoms with E-state index in [2.05, 4.69) is 24.1 Å². The van der Waals surface area contributed by atoms with Crippen LogP contribution in [0.1, 0.15) is 19.3 Å². The zero-order valence-corrected chi connectivity index (χ0v) is 13.3. The van der Waals surface area contributed by atoms with Gasteiger partial charge in [-0.05, 0) is 44.3 Å². The zero-order valence-electron chi connectivity index (χ0n) is 13.3. The number of aliphatic hydroxyl groups is 1. The summed E-state index contributed by atoms with van der Waals surface area (Å²) >= 11 is 0. The van der Waals surface area contributed by atoms with Gasteiger partial charge >= 0.3 is 0 Å². The number of rotatable bonds is 1. The van der Waals surface area contributed by atoms with Crippen LogP contribution in [0.3, 0.4) is 0 Å². The summed E-state index contributed by atoms with van der Waals surface area (Å²) in [5.41, 5.74) is 0. The lowest BCUT2D eigenvalue weighted by Gasteiger charge is -2.47. The van der Waals surface area contributed by atoms with E-state index in [0.29, 0.717) is 23.8 Å². The molecule has 2 saturated heterocycles. The number of ether oxygens (including phenoxy) is 2. The summed E-state index contributed by atoms with van der Waals surface area (Å²) in [7, 11) is 3.92. The SMILES string of the molecule is COC1=C2CC(C=C1)C[C@@H]1[C@@H]3C=C[C@H](O)[C@H](O2)[C@H]3CCN1C. The third-order valence-electron chi connectivity index (χ3n) is 5.89. The first-order valence-corrected chi connectivity index (χ1v) is 8.36. The van der Waals surface area contributed by atoms with Gasteiger partial charge in [0.05, 0.1) is 7.11 Å². The lowest BCUT2D eigenvalue weighted by molar-refractivity contribution is -0.0669. The van der Waals surface area contributed by atoms with E-state index in [1.807, 2.05) is 12.2 Å². The Bertz CT molecular complexity index is 538. The Morgan fingerprint density at radius 2 is 2.18 bits per heavy atom. The number of likely N-dealkylation sites (tertiary alicyclic amines) is 1. The molecule has 0 aromatic carbocycles. The summed E-state index contributed by atoms with van der Waals surface area (Å²) in [6, 6.07) is 0.534. The molecule has 0 saturated carbocycles. The molecule has 4 aliphatic rings. The lowest BCUT2D eigenvalue weighted by Crippen LogP contribution is -2.53. The van der Waals surface area contributed by atoms with Gasteiger partial charge in [-0.25, -0.2) is 0 Å². The number of fused-ring (bicyclic) bond motifs is 2. The van der Waals surface area contributed by atoms with E-state index in [0.717, 1.165) is 37.3 Å². The molecule has 120 valence electrons. The maximum Gasteiger partial charge on any atom is 0.156 e. The second-order valence-corrected chi connectivity index (χ2v) is 7.09. The van der Waals surface area contributed by atoms with Gasteiger partial charge in [-0.15, -0.1) is 0 Å². The van der Waals surface area contributed by atoms with Crippen LogP contribution in [-0.2, 0) is 9.47 Å². The molecular weight excluding hydrogens is 278 g/mol. The van der Waals surface area contributed by atoms with Crippen molar-refractivity contribution in [3.63, 3.8) is 0 Å². The average Bonchev–Trinajstić information content (AvgIpc) is 2.54. The molecule has 0 radical (unpaired) electrons. The predicted octanol–water partition coefficient (Wildman–Crippen LogP) is 2.08. The quantitative estimate of drug-likeness (QED) is 0.753. The monoisotopic (exact) mass is 303 g/mol. The van der Waals surface area contributed by atoms with Gasteiger partial charge in [0.1, 0.15) is 18.0 Å². The molecule has 0 aromatic heterocycles. The number of allylic oxidation sites excluding steroid dienone is 3. The highest BCUT2D eigenvalue weighted by atomic mass is 16.5. The Labute approximate surface area is 132 Å². The van der Waals surface area contributed by atoms with Gasteiger partial charge in [0.25, 0.3) is 0 Å². The lowest BCUT2D eigenvalue weighted by atomic mass is 9.70. The molecule has 4 nitrogen and oxygen atoms in total. The van der Waals surface area contributed by atoms with E-state index in [1.54, 1.807) is 7.11 Å². The molecule has 4 heteroatoms. The van der Waals surface area contributed by atoms with Crippen molar-refractivity contribution in [3.8, 4) is 0 Å². The molecule has 2 aliphatic heterocycles. The summed E-state index contributed by atoms with van der Waals surface area (Å²) in [5.74, 6) is 3.10. The molecule has 0 amide bonds. The Hall–Kier alpha value is -1.26. The molecule has 2 heterocycles. The molecule has 22 heavy (non-hydrogen) atoms. The van der Waals surface area contributed by atoms with E-state index >= 15 is 0 Å². The summed E-state index contributed by atoms with van der Waals surface area (Å²) in [4.78, 5) is 2.49. The average molecular weight is 303 g/mol. The summed E-state index contributed by atoms with van der Waals surface area (Å²) in [5, 5.41) is 10.5. The zero-order chi connectivity index (χ0) is 15.3. The van der Waals surface area contributed by atoms with Gasteiger partial charge in [0.15, 0.2) is 5.76 Å². The largest absolute Gasteiger partial charge is 0.493 e. The van der Waals surface area contributed by atoms with Crippen molar-refractivity contribution in [2.45, 2.75) is 37.5 Å². The second-order valence-electron chi connectivity index (χ2n) is 7.09. The Balaban J connectivity index is 1.77. The third kappa shape index (κ3) is 2.20. The van der Waals surface area contributed by atoms with Crippen molar-refractivity contribution in [2.24, 2.45) is 17.8 Å². The maximum atomic E-state index is 10.5. The molecule has 2 fully saturated rings. The van der Waals surface area contributed by atoms with Gasteiger partial charge < -0.3 is 19.5 Å². The predicted molar refractivity (Wildman–Crippen MR) is 83.9 cm³/mol. The second kappa shape index (κ2) is 5.43. The molecule has 1 N–H and O–H groups in total. The van der Waals surface area contributed by atoms with Crippen molar-refractivity contribution in [1.29, 1.82) is 0 Å². The molecule has 0 aromatic rings. The Morgan fingerprint density at radius 3 is 3.00 bits per heavy atom. The fourth-order valence-corrected chi connectivity index (χ4v) is 4.69. The van der Waals surface area contributed by atoms with Crippen LogP contribution in [0.15, 0.2) is 35.8 Å². The van der Waals surface area contributed by atoms with Crippen LogP contribution in [0.2, 0.25) is 0 Å². The van der Waals surface area contributed by atoms with Crippen LogP contribution in [0, 0.1) is 17.8 Å². The Morgan fingerprint density at radius 1 is 1.32 bits per heavy atom. The van der Waals surface area contributed by atoms with Gasteiger partial charge in [0.2, 0.25) is 0 Å². The van der Waals surface area contributed by atoms with Gasteiger partial charge in [-0.1, -0.05) is 18.2 Å².